The number of halogens is 2. The molecule has 0 spiro atoms. The second kappa shape index (κ2) is 10.3. The molecule has 0 aromatic carbocycles. The summed E-state index contributed by atoms with van der Waals surface area (Å²) in [6.45, 7) is 6.65. The molecule has 0 fully saturated rings. The Morgan fingerprint density at radius 3 is 2.60 bits per heavy atom. The molecule has 0 aliphatic carbocycles. The van der Waals surface area contributed by atoms with Gasteiger partial charge in [-0.05, 0) is 18.9 Å². The summed E-state index contributed by atoms with van der Waals surface area (Å²) in [5, 5.41) is 3.41. The lowest BCUT2D eigenvalue weighted by molar-refractivity contribution is 0.538. The van der Waals surface area contributed by atoms with Gasteiger partial charge >= 0.3 is 0 Å². The number of aromatic amines is 1. The first-order valence-electron chi connectivity index (χ1n) is 4.97. The minimum atomic E-state index is 0. The van der Waals surface area contributed by atoms with Crippen LogP contribution in [0, 0.1) is 5.92 Å². The van der Waals surface area contributed by atoms with Gasteiger partial charge in [-0.15, -0.1) is 24.8 Å². The van der Waals surface area contributed by atoms with Crippen LogP contribution < -0.4 is 5.32 Å². The zero-order valence-corrected chi connectivity index (χ0v) is 11.0. The van der Waals surface area contributed by atoms with Crippen LogP contribution in [0.4, 0.5) is 0 Å². The van der Waals surface area contributed by atoms with Crippen molar-refractivity contribution in [3.8, 4) is 0 Å². The molecule has 1 aromatic heterocycles. The SMILES string of the molecule is CC(C)CCNCCc1cnc[nH]1.Cl.Cl. The van der Waals surface area contributed by atoms with E-state index in [-0.39, 0.29) is 24.8 Å². The van der Waals surface area contributed by atoms with Gasteiger partial charge in [-0.1, -0.05) is 13.8 Å². The van der Waals surface area contributed by atoms with Crippen molar-refractivity contribution >= 4 is 24.8 Å². The number of H-pyrrole nitrogens is 1. The van der Waals surface area contributed by atoms with Gasteiger partial charge in [0.05, 0.1) is 6.33 Å². The zero-order chi connectivity index (χ0) is 9.52. The van der Waals surface area contributed by atoms with Crippen LogP contribution in [0.2, 0.25) is 0 Å². The quantitative estimate of drug-likeness (QED) is 0.765. The van der Waals surface area contributed by atoms with Gasteiger partial charge in [0.1, 0.15) is 0 Å². The second-order valence-corrected chi connectivity index (χ2v) is 3.76. The lowest BCUT2D eigenvalue weighted by Gasteiger charge is -2.05. The Labute approximate surface area is 104 Å². The average molecular weight is 254 g/mol. The number of hydrogen-bond donors (Lipinski definition) is 2. The van der Waals surface area contributed by atoms with E-state index in [9.17, 15) is 0 Å². The number of imidazole rings is 1. The fourth-order valence-corrected chi connectivity index (χ4v) is 1.16. The second-order valence-electron chi connectivity index (χ2n) is 3.76. The Kier molecular flexibility index (Phi) is 11.7. The molecule has 0 atom stereocenters. The van der Waals surface area contributed by atoms with E-state index in [1.54, 1.807) is 6.33 Å². The first-order valence-corrected chi connectivity index (χ1v) is 4.97. The van der Waals surface area contributed by atoms with Gasteiger partial charge in [-0.2, -0.15) is 0 Å². The molecule has 0 aliphatic heterocycles. The molecule has 0 radical (unpaired) electrons. The molecule has 0 saturated carbocycles. The van der Waals surface area contributed by atoms with Gasteiger partial charge in [-0.25, -0.2) is 4.98 Å². The molecule has 0 amide bonds. The van der Waals surface area contributed by atoms with E-state index in [1.165, 1.54) is 12.1 Å². The molecule has 3 nitrogen and oxygen atoms in total. The molecule has 2 N–H and O–H groups in total. The number of hydrogen-bond acceptors (Lipinski definition) is 2. The van der Waals surface area contributed by atoms with Crippen molar-refractivity contribution in [1.29, 1.82) is 0 Å². The van der Waals surface area contributed by atoms with Crippen molar-refractivity contribution in [1.82, 2.24) is 15.3 Å². The first-order chi connectivity index (χ1) is 6.29. The van der Waals surface area contributed by atoms with Gasteiger partial charge in [-0.3, -0.25) is 0 Å². The molecule has 15 heavy (non-hydrogen) atoms. The lowest BCUT2D eigenvalue weighted by Crippen LogP contribution is -2.19. The van der Waals surface area contributed by atoms with Gasteiger partial charge < -0.3 is 10.3 Å². The highest BCUT2D eigenvalue weighted by molar-refractivity contribution is 5.85. The molecule has 0 bridgehead atoms. The van der Waals surface area contributed by atoms with E-state index in [2.05, 4.69) is 29.1 Å². The van der Waals surface area contributed by atoms with Crippen LogP contribution in [0.5, 0.6) is 0 Å². The molecule has 0 unspecified atom stereocenters. The minimum absolute atomic E-state index is 0. The van der Waals surface area contributed by atoms with E-state index >= 15 is 0 Å². The lowest BCUT2D eigenvalue weighted by atomic mass is 10.1. The third-order valence-electron chi connectivity index (χ3n) is 2.02. The average Bonchev–Trinajstić information content (AvgIpc) is 2.55. The summed E-state index contributed by atoms with van der Waals surface area (Å²) in [5.41, 5.74) is 1.21. The number of rotatable bonds is 6. The molecule has 1 rings (SSSR count). The van der Waals surface area contributed by atoms with Gasteiger partial charge in [0.15, 0.2) is 0 Å². The topological polar surface area (TPSA) is 40.7 Å². The highest BCUT2D eigenvalue weighted by Gasteiger charge is 1.94. The Morgan fingerprint density at radius 1 is 1.33 bits per heavy atom. The molecule has 5 heteroatoms. The van der Waals surface area contributed by atoms with Crippen molar-refractivity contribution in [2.75, 3.05) is 13.1 Å². The molecule has 0 aliphatic rings. The van der Waals surface area contributed by atoms with E-state index in [0.29, 0.717) is 0 Å². The maximum absolute atomic E-state index is 3.97. The standard InChI is InChI=1S/C10H19N3.2ClH/c1-9(2)3-5-11-6-4-10-7-12-8-13-10;;/h7-9,11H,3-6H2,1-2H3,(H,12,13);2*1H. The Bertz CT molecular complexity index is 212. The molecule has 0 saturated heterocycles. The van der Waals surface area contributed by atoms with Crippen molar-refractivity contribution in [2.24, 2.45) is 5.92 Å². The van der Waals surface area contributed by atoms with E-state index in [0.717, 1.165) is 25.4 Å². The Hall–Kier alpha value is -0.250. The third kappa shape index (κ3) is 8.73. The summed E-state index contributed by atoms with van der Waals surface area (Å²) in [7, 11) is 0. The van der Waals surface area contributed by atoms with E-state index in [4.69, 9.17) is 0 Å². The summed E-state index contributed by atoms with van der Waals surface area (Å²) < 4.78 is 0. The Balaban J connectivity index is 0. The predicted molar refractivity (Wildman–Crippen MR) is 69.1 cm³/mol. The fourth-order valence-electron chi connectivity index (χ4n) is 1.16. The number of aromatic nitrogens is 2. The molecule has 1 heterocycles. The summed E-state index contributed by atoms with van der Waals surface area (Å²) in [5.74, 6) is 0.791. The van der Waals surface area contributed by atoms with Crippen LogP contribution in [-0.2, 0) is 6.42 Å². The largest absolute Gasteiger partial charge is 0.348 e. The predicted octanol–water partition coefficient (Wildman–Crippen LogP) is 2.43. The van der Waals surface area contributed by atoms with Crippen molar-refractivity contribution in [3.05, 3.63) is 18.2 Å². The monoisotopic (exact) mass is 253 g/mol. The fraction of sp³-hybridized carbons (Fsp3) is 0.700. The van der Waals surface area contributed by atoms with E-state index in [1.807, 2.05) is 6.20 Å². The summed E-state index contributed by atoms with van der Waals surface area (Å²) in [6.07, 6.45) is 5.90. The van der Waals surface area contributed by atoms with Crippen molar-refractivity contribution < 1.29 is 0 Å². The van der Waals surface area contributed by atoms with Crippen LogP contribution in [-0.4, -0.2) is 23.1 Å². The van der Waals surface area contributed by atoms with Crippen LogP contribution in [0.25, 0.3) is 0 Å². The first kappa shape index (κ1) is 17.2. The van der Waals surface area contributed by atoms with Gasteiger partial charge in [0.2, 0.25) is 0 Å². The highest BCUT2D eigenvalue weighted by Crippen LogP contribution is 1.96. The molecule has 90 valence electrons. The Morgan fingerprint density at radius 2 is 2.07 bits per heavy atom. The maximum atomic E-state index is 3.97. The van der Waals surface area contributed by atoms with Crippen molar-refractivity contribution in [2.45, 2.75) is 26.7 Å². The number of nitrogens with zero attached hydrogens (tertiary/aromatic N) is 1. The third-order valence-corrected chi connectivity index (χ3v) is 2.02. The zero-order valence-electron chi connectivity index (χ0n) is 9.32. The van der Waals surface area contributed by atoms with Gasteiger partial charge in [0.25, 0.3) is 0 Å². The summed E-state index contributed by atoms with van der Waals surface area (Å²) in [4.78, 5) is 7.05. The van der Waals surface area contributed by atoms with Crippen LogP contribution >= 0.6 is 24.8 Å². The molecular weight excluding hydrogens is 233 g/mol. The molecule has 1 aromatic rings. The summed E-state index contributed by atoms with van der Waals surface area (Å²) in [6, 6.07) is 0. The van der Waals surface area contributed by atoms with Crippen LogP contribution in [0.15, 0.2) is 12.5 Å². The minimum Gasteiger partial charge on any atom is -0.348 e. The highest BCUT2D eigenvalue weighted by atomic mass is 35.5. The van der Waals surface area contributed by atoms with E-state index < -0.39 is 0 Å². The summed E-state index contributed by atoms with van der Waals surface area (Å²) >= 11 is 0. The van der Waals surface area contributed by atoms with Crippen LogP contribution in [0.3, 0.4) is 0 Å². The smallest absolute Gasteiger partial charge is 0.0921 e. The maximum Gasteiger partial charge on any atom is 0.0921 e. The molecular formula is C10H21Cl2N3. The normalized spacial score (nSPS) is 9.53. The van der Waals surface area contributed by atoms with Gasteiger partial charge in [0, 0.05) is 24.9 Å². The number of nitrogens with one attached hydrogen (secondary N) is 2. The van der Waals surface area contributed by atoms with Crippen LogP contribution in [0.1, 0.15) is 26.0 Å². The van der Waals surface area contributed by atoms with Crippen molar-refractivity contribution in [3.63, 3.8) is 0 Å².